The van der Waals surface area contributed by atoms with Gasteiger partial charge in [0.1, 0.15) is 5.01 Å². The molecule has 0 radical (unpaired) electrons. The van der Waals surface area contributed by atoms with E-state index in [1.54, 1.807) is 11.3 Å². The SMILES string of the molecule is CCc1cnc(CNC(=NC)N2CC(C)(C)C2(C)C)s1. The van der Waals surface area contributed by atoms with E-state index in [9.17, 15) is 0 Å². The molecule has 112 valence electrons. The van der Waals surface area contributed by atoms with Crippen LogP contribution in [0.2, 0.25) is 0 Å². The number of aromatic nitrogens is 1. The zero-order valence-corrected chi connectivity index (χ0v) is 14.3. The lowest BCUT2D eigenvalue weighted by Gasteiger charge is -2.62. The normalized spacial score (nSPS) is 20.7. The van der Waals surface area contributed by atoms with Crippen molar-refractivity contribution in [2.24, 2.45) is 10.4 Å². The second-order valence-corrected chi connectivity index (χ2v) is 7.70. The second kappa shape index (κ2) is 5.35. The van der Waals surface area contributed by atoms with Gasteiger partial charge < -0.3 is 10.2 Å². The van der Waals surface area contributed by atoms with Crippen LogP contribution >= 0.6 is 11.3 Å². The van der Waals surface area contributed by atoms with Crippen LogP contribution < -0.4 is 5.32 Å². The maximum atomic E-state index is 4.44. The molecule has 0 spiro atoms. The van der Waals surface area contributed by atoms with E-state index in [0.29, 0.717) is 5.41 Å². The van der Waals surface area contributed by atoms with E-state index in [1.165, 1.54) is 4.88 Å². The number of aliphatic imine (C=N–C) groups is 1. The summed E-state index contributed by atoms with van der Waals surface area (Å²) in [6.07, 6.45) is 3.03. The Balaban J connectivity index is 1.98. The number of thiazole rings is 1. The van der Waals surface area contributed by atoms with Crippen molar-refractivity contribution in [2.45, 2.75) is 53.1 Å². The summed E-state index contributed by atoms with van der Waals surface area (Å²) >= 11 is 1.78. The molecule has 0 amide bonds. The Labute approximate surface area is 126 Å². The van der Waals surface area contributed by atoms with Gasteiger partial charge >= 0.3 is 0 Å². The van der Waals surface area contributed by atoms with E-state index in [1.807, 2.05) is 13.2 Å². The van der Waals surface area contributed by atoms with Crippen molar-refractivity contribution >= 4 is 17.3 Å². The summed E-state index contributed by atoms with van der Waals surface area (Å²) in [6.45, 7) is 13.1. The minimum atomic E-state index is 0.131. The highest BCUT2D eigenvalue weighted by molar-refractivity contribution is 7.11. The Morgan fingerprint density at radius 3 is 2.60 bits per heavy atom. The highest BCUT2D eigenvalue weighted by Gasteiger charge is 2.53. The van der Waals surface area contributed by atoms with Crippen LogP contribution in [0.4, 0.5) is 0 Å². The Hall–Kier alpha value is -1.10. The van der Waals surface area contributed by atoms with Crippen LogP contribution in [0.3, 0.4) is 0 Å². The average molecular weight is 294 g/mol. The molecule has 1 saturated heterocycles. The predicted molar refractivity (Wildman–Crippen MR) is 86.3 cm³/mol. The van der Waals surface area contributed by atoms with Crippen LogP contribution in [0.1, 0.15) is 44.5 Å². The van der Waals surface area contributed by atoms with E-state index < -0.39 is 0 Å². The van der Waals surface area contributed by atoms with Crippen molar-refractivity contribution in [1.29, 1.82) is 0 Å². The van der Waals surface area contributed by atoms with Crippen LogP contribution in [-0.2, 0) is 13.0 Å². The monoisotopic (exact) mass is 294 g/mol. The fraction of sp³-hybridized carbons (Fsp3) is 0.733. The second-order valence-electron chi connectivity index (χ2n) is 6.50. The van der Waals surface area contributed by atoms with Gasteiger partial charge in [-0.25, -0.2) is 4.98 Å². The molecular weight excluding hydrogens is 268 g/mol. The molecule has 2 rings (SSSR count). The molecule has 0 aromatic carbocycles. The third-order valence-corrected chi connectivity index (χ3v) is 5.84. The fourth-order valence-electron chi connectivity index (χ4n) is 2.44. The lowest BCUT2D eigenvalue weighted by Crippen LogP contribution is -2.72. The van der Waals surface area contributed by atoms with Gasteiger partial charge in [-0.05, 0) is 20.3 Å². The van der Waals surface area contributed by atoms with E-state index >= 15 is 0 Å². The molecule has 0 saturated carbocycles. The van der Waals surface area contributed by atoms with Gasteiger partial charge in [0.2, 0.25) is 0 Å². The number of nitrogens with one attached hydrogen (secondary N) is 1. The predicted octanol–water partition coefficient (Wildman–Crippen LogP) is 2.90. The summed E-state index contributed by atoms with van der Waals surface area (Å²) in [6, 6.07) is 0. The first-order valence-corrected chi connectivity index (χ1v) is 8.05. The van der Waals surface area contributed by atoms with Gasteiger partial charge in [0.05, 0.1) is 6.54 Å². The van der Waals surface area contributed by atoms with E-state index in [2.05, 4.69) is 54.8 Å². The smallest absolute Gasteiger partial charge is 0.194 e. The number of rotatable bonds is 3. The third kappa shape index (κ3) is 2.55. The summed E-state index contributed by atoms with van der Waals surface area (Å²) in [4.78, 5) is 12.5. The van der Waals surface area contributed by atoms with Gasteiger partial charge in [-0.3, -0.25) is 4.99 Å². The first kappa shape index (κ1) is 15.3. The number of guanidine groups is 1. The quantitative estimate of drug-likeness (QED) is 0.688. The molecule has 0 aliphatic carbocycles. The van der Waals surface area contributed by atoms with Gasteiger partial charge in [-0.15, -0.1) is 11.3 Å². The lowest BCUT2D eigenvalue weighted by atomic mass is 9.65. The molecule has 1 aliphatic heterocycles. The van der Waals surface area contributed by atoms with Crippen LogP contribution in [0.5, 0.6) is 0 Å². The maximum absolute atomic E-state index is 4.44. The van der Waals surface area contributed by atoms with Crippen LogP contribution in [0.15, 0.2) is 11.2 Å². The number of aryl methyl sites for hydroxylation is 1. The van der Waals surface area contributed by atoms with Crippen LogP contribution in [-0.4, -0.2) is 35.0 Å². The third-order valence-electron chi connectivity index (χ3n) is 4.70. The van der Waals surface area contributed by atoms with Crippen molar-refractivity contribution in [1.82, 2.24) is 15.2 Å². The molecule has 0 bridgehead atoms. The fourth-order valence-corrected chi connectivity index (χ4v) is 3.25. The molecule has 0 atom stereocenters. The summed E-state index contributed by atoms with van der Waals surface area (Å²) in [7, 11) is 1.85. The molecular formula is C15H26N4S. The van der Waals surface area contributed by atoms with Gasteiger partial charge in [-0.2, -0.15) is 0 Å². The Morgan fingerprint density at radius 1 is 1.45 bits per heavy atom. The number of hydrogen-bond acceptors (Lipinski definition) is 3. The Kier molecular flexibility index (Phi) is 4.09. The molecule has 5 heteroatoms. The first-order chi connectivity index (χ1) is 9.31. The zero-order chi connectivity index (χ0) is 15.0. The van der Waals surface area contributed by atoms with Crippen molar-refractivity contribution < 1.29 is 0 Å². The summed E-state index contributed by atoms with van der Waals surface area (Å²) in [5.41, 5.74) is 0.452. The van der Waals surface area contributed by atoms with Crippen molar-refractivity contribution in [3.8, 4) is 0 Å². The van der Waals surface area contributed by atoms with Crippen molar-refractivity contribution in [2.75, 3.05) is 13.6 Å². The number of nitrogens with zero attached hydrogens (tertiary/aromatic N) is 3. The van der Waals surface area contributed by atoms with E-state index in [4.69, 9.17) is 0 Å². The molecule has 2 heterocycles. The zero-order valence-electron chi connectivity index (χ0n) is 13.4. The van der Waals surface area contributed by atoms with Gasteiger partial charge in [-0.1, -0.05) is 20.8 Å². The van der Waals surface area contributed by atoms with Gasteiger partial charge in [0.15, 0.2) is 5.96 Å². The molecule has 1 aliphatic rings. The Bertz CT molecular complexity index is 502. The van der Waals surface area contributed by atoms with Gasteiger partial charge in [0, 0.05) is 35.6 Å². The van der Waals surface area contributed by atoms with Gasteiger partial charge in [0.25, 0.3) is 0 Å². The molecule has 4 nitrogen and oxygen atoms in total. The van der Waals surface area contributed by atoms with Crippen LogP contribution in [0, 0.1) is 5.41 Å². The number of hydrogen-bond donors (Lipinski definition) is 1. The molecule has 1 fully saturated rings. The standard InChI is InChI=1S/C15H26N4S/c1-7-11-8-17-12(20-11)9-18-13(16-6)19-10-14(2,3)15(19,4)5/h8H,7,9-10H2,1-6H3,(H,16,18). The minimum Gasteiger partial charge on any atom is -0.350 e. The molecule has 20 heavy (non-hydrogen) atoms. The topological polar surface area (TPSA) is 40.5 Å². The summed E-state index contributed by atoms with van der Waals surface area (Å²) in [5.74, 6) is 0.975. The molecule has 0 unspecified atom stereocenters. The summed E-state index contributed by atoms with van der Waals surface area (Å²) < 4.78 is 0. The molecule has 1 aromatic rings. The maximum Gasteiger partial charge on any atom is 0.194 e. The van der Waals surface area contributed by atoms with E-state index in [-0.39, 0.29) is 5.54 Å². The highest BCUT2D eigenvalue weighted by atomic mass is 32.1. The number of likely N-dealkylation sites (tertiary alicyclic amines) is 1. The minimum absolute atomic E-state index is 0.131. The highest BCUT2D eigenvalue weighted by Crippen LogP contribution is 2.46. The molecule has 1 aromatic heterocycles. The Morgan fingerprint density at radius 2 is 2.15 bits per heavy atom. The van der Waals surface area contributed by atoms with Crippen molar-refractivity contribution in [3.63, 3.8) is 0 Å². The molecule has 1 N–H and O–H groups in total. The van der Waals surface area contributed by atoms with Crippen LogP contribution in [0.25, 0.3) is 0 Å². The largest absolute Gasteiger partial charge is 0.350 e. The average Bonchev–Trinajstić information content (AvgIpc) is 2.86. The first-order valence-electron chi connectivity index (χ1n) is 7.23. The summed E-state index contributed by atoms with van der Waals surface area (Å²) in [5, 5.41) is 4.57. The lowest BCUT2D eigenvalue weighted by molar-refractivity contribution is -0.0667. The van der Waals surface area contributed by atoms with E-state index in [0.717, 1.165) is 30.5 Å². The van der Waals surface area contributed by atoms with Crippen molar-refractivity contribution in [3.05, 3.63) is 16.1 Å².